The number of anilines is 1. The van der Waals surface area contributed by atoms with Crippen molar-refractivity contribution in [2.75, 3.05) is 31.1 Å². The summed E-state index contributed by atoms with van der Waals surface area (Å²) in [7, 11) is 0. The molecule has 3 heterocycles. The van der Waals surface area contributed by atoms with Crippen LogP contribution in [0.15, 0.2) is 53.7 Å². The molecule has 0 spiro atoms. The average Bonchev–Trinajstić information content (AvgIpc) is 2.86. The Morgan fingerprint density at radius 1 is 1.06 bits per heavy atom. The first-order valence-electron chi connectivity index (χ1n) is 12.7. The van der Waals surface area contributed by atoms with Crippen molar-refractivity contribution in [2.45, 2.75) is 71.1 Å². The van der Waals surface area contributed by atoms with Gasteiger partial charge < -0.3 is 15.5 Å². The second-order valence-corrected chi connectivity index (χ2v) is 9.44. The first kappa shape index (κ1) is 23.6. The molecule has 0 aliphatic carbocycles. The summed E-state index contributed by atoms with van der Waals surface area (Å²) < 4.78 is 0. The molecule has 2 aliphatic heterocycles. The van der Waals surface area contributed by atoms with E-state index in [0.717, 1.165) is 57.3 Å². The summed E-state index contributed by atoms with van der Waals surface area (Å²) in [5, 5.41) is 7.15. The molecule has 33 heavy (non-hydrogen) atoms. The predicted octanol–water partition coefficient (Wildman–Crippen LogP) is 4.18. The number of benzene rings is 1. The normalized spacial score (nSPS) is 22.2. The number of guanidine groups is 1. The van der Waals surface area contributed by atoms with Gasteiger partial charge in [0.1, 0.15) is 5.82 Å². The first-order chi connectivity index (χ1) is 16.2. The van der Waals surface area contributed by atoms with Gasteiger partial charge in [-0.3, -0.25) is 4.90 Å². The van der Waals surface area contributed by atoms with Crippen LogP contribution in [0, 0.1) is 0 Å². The zero-order chi connectivity index (χ0) is 22.9. The molecule has 2 aromatic rings. The van der Waals surface area contributed by atoms with Crippen LogP contribution in [-0.4, -0.2) is 54.1 Å². The third kappa shape index (κ3) is 6.94. The molecule has 0 bridgehead atoms. The van der Waals surface area contributed by atoms with Crippen molar-refractivity contribution in [1.29, 1.82) is 0 Å². The molecule has 2 aliphatic rings. The van der Waals surface area contributed by atoms with Crippen molar-refractivity contribution < 1.29 is 0 Å². The lowest BCUT2D eigenvalue weighted by Crippen LogP contribution is -2.51. The van der Waals surface area contributed by atoms with Crippen LogP contribution in [0.5, 0.6) is 0 Å². The SMILES string of the molecule is CCNC(=NCc1ccnc(N2CCCCC2)c1)NC1CCN(Cc2ccccc2)C(C)C1. The van der Waals surface area contributed by atoms with E-state index < -0.39 is 0 Å². The highest BCUT2D eigenvalue weighted by Gasteiger charge is 2.26. The summed E-state index contributed by atoms with van der Waals surface area (Å²) >= 11 is 0. The largest absolute Gasteiger partial charge is 0.357 e. The average molecular weight is 449 g/mol. The van der Waals surface area contributed by atoms with Gasteiger partial charge in [-0.05, 0) is 69.2 Å². The molecule has 1 aromatic heterocycles. The number of nitrogens with one attached hydrogen (secondary N) is 2. The number of piperidine rings is 2. The predicted molar refractivity (Wildman–Crippen MR) is 138 cm³/mol. The minimum atomic E-state index is 0.450. The maximum Gasteiger partial charge on any atom is 0.191 e. The lowest BCUT2D eigenvalue weighted by atomic mass is 9.97. The van der Waals surface area contributed by atoms with Crippen molar-refractivity contribution in [2.24, 2.45) is 4.99 Å². The maximum absolute atomic E-state index is 4.91. The third-order valence-corrected chi connectivity index (χ3v) is 6.84. The van der Waals surface area contributed by atoms with Gasteiger partial charge >= 0.3 is 0 Å². The van der Waals surface area contributed by atoms with Crippen molar-refractivity contribution in [3.8, 4) is 0 Å². The van der Waals surface area contributed by atoms with Gasteiger partial charge in [0.25, 0.3) is 0 Å². The minimum Gasteiger partial charge on any atom is -0.357 e. The number of rotatable bonds is 7. The molecule has 4 rings (SSSR count). The van der Waals surface area contributed by atoms with Gasteiger partial charge in [0, 0.05) is 51.0 Å². The highest BCUT2D eigenvalue weighted by atomic mass is 15.2. The van der Waals surface area contributed by atoms with Gasteiger partial charge in [-0.2, -0.15) is 0 Å². The molecule has 6 heteroatoms. The molecule has 6 nitrogen and oxygen atoms in total. The molecule has 0 saturated carbocycles. The van der Waals surface area contributed by atoms with Gasteiger partial charge in [-0.1, -0.05) is 30.3 Å². The number of nitrogens with zero attached hydrogens (tertiary/aromatic N) is 4. The van der Waals surface area contributed by atoms with E-state index >= 15 is 0 Å². The van der Waals surface area contributed by atoms with E-state index in [4.69, 9.17) is 4.99 Å². The summed E-state index contributed by atoms with van der Waals surface area (Å²) in [6.45, 7) is 10.4. The number of aromatic nitrogens is 1. The van der Waals surface area contributed by atoms with Crippen LogP contribution >= 0.6 is 0 Å². The van der Waals surface area contributed by atoms with E-state index in [2.05, 4.69) is 81.7 Å². The highest BCUT2D eigenvalue weighted by molar-refractivity contribution is 5.80. The van der Waals surface area contributed by atoms with Crippen LogP contribution in [0.1, 0.15) is 57.1 Å². The highest BCUT2D eigenvalue weighted by Crippen LogP contribution is 2.21. The second kappa shape index (κ2) is 12.0. The molecule has 2 saturated heterocycles. The van der Waals surface area contributed by atoms with E-state index in [9.17, 15) is 0 Å². The fraction of sp³-hybridized carbons (Fsp3) is 0.556. The summed E-state index contributed by atoms with van der Waals surface area (Å²) in [5.74, 6) is 2.02. The van der Waals surface area contributed by atoms with Gasteiger partial charge in [0.2, 0.25) is 0 Å². The molecular formula is C27H40N6. The minimum absolute atomic E-state index is 0.450. The Morgan fingerprint density at radius 3 is 2.64 bits per heavy atom. The van der Waals surface area contributed by atoms with E-state index in [1.807, 2.05) is 6.20 Å². The Bertz CT molecular complexity index is 877. The van der Waals surface area contributed by atoms with Crippen LogP contribution in [0.2, 0.25) is 0 Å². The molecule has 178 valence electrons. The van der Waals surface area contributed by atoms with Crippen molar-refractivity contribution >= 4 is 11.8 Å². The number of pyridine rings is 1. The fourth-order valence-corrected chi connectivity index (χ4v) is 4.94. The topological polar surface area (TPSA) is 55.8 Å². The molecule has 0 radical (unpaired) electrons. The molecule has 2 unspecified atom stereocenters. The van der Waals surface area contributed by atoms with Gasteiger partial charge in [-0.15, -0.1) is 0 Å². The lowest BCUT2D eigenvalue weighted by molar-refractivity contribution is 0.134. The number of aliphatic imine (C=N–C) groups is 1. The van der Waals surface area contributed by atoms with Crippen LogP contribution in [0.3, 0.4) is 0 Å². The van der Waals surface area contributed by atoms with Crippen molar-refractivity contribution in [3.05, 3.63) is 59.8 Å². The molecule has 1 aromatic carbocycles. The van der Waals surface area contributed by atoms with E-state index in [0.29, 0.717) is 18.6 Å². The van der Waals surface area contributed by atoms with Gasteiger partial charge in [0.15, 0.2) is 5.96 Å². The first-order valence-corrected chi connectivity index (χ1v) is 12.7. The zero-order valence-electron chi connectivity index (χ0n) is 20.3. The van der Waals surface area contributed by atoms with Crippen LogP contribution in [0.4, 0.5) is 5.82 Å². The Morgan fingerprint density at radius 2 is 1.88 bits per heavy atom. The number of likely N-dealkylation sites (tertiary alicyclic amines) is 1. The number of hydrogen-bond acceptors (Lipinski definition) is 4. The summed E-state index contributed by atoms with van der Waals surface area (Å²) in [4.78, 5) is 14.5. The van der Waals surface area contributed by atoms with Crippen LogP contribution in [0.25, 0.3) is 0 Å². The Kier molecular flexibility index (Phi) is 8.59. The molecular weight excluding hydrogens is 408 g/mol. The Balaban J connectivity index is 1.32. The molecule has 2 fully saturated rings. The summed E-state index contributed by atoms with van der Waals surface area (Å²) in [6, 6.07) is 16.1. The van der Waals surface area contributed by atoms with Gasteiger partial charge in [-0.25, -0.2) is 9.98 Å². The summed E-state index contributed by atoms with van der Waals surface area (Å²) in [5.41, 5.74) is 2.61. The van der Waals surface area contributed by atoms with Gasteiger partial charge in [0.05, 0.1) is 6.54 Å². The Hall–Kier alpha value is -2.60. The third-order valence-electron chi connectivity index (χ3n) is 6.84. The van der Waals surface area contributed by atoms with E-state index in [-0.39, 0.29) is 0 Å². The molecule has 2 atom stereocenters. The van der Waals surface area contributed by atoms with Crippen LogP contribution in [-0.2, 0) is 13.1 Å². The van der Waals surface area contributed by atoms with Crippen molar-refractivity contribution in [3.63, 3.8) is 0 Å². The number of hydrogen-bond donors (Lipinski definition) is 2. The monoisotopic (exact) mass is 448 g/mol. The maximum atomic E-state index is 4.91. The Labute approximate surface area is 199 Å². The summed E-state index contributed by atoms with van der Waals surface area (Å²) in [6.07, 6.45) is 8.06. The quantitative estimate of drug-likeness (QED) is 0.492. The van der Waals surface area contributed by atoms with E-state index in [1.165, 1.54) is 30.4 Å². The molecule has 0 amide bonds. The molecule has 2 N–H and O–H groups in total. The van der Waals surface area contributed by atoms with Crippen LogP contribution < -0.4 is 15.5 Å². The lowest BCUT2D eigenvalue weighted by Gasteiger charge is -2.38. The smallest absolute Gasteiger partial charge is 0.191 e. The standard InChI is InChI=1S/C27H40N6/c1-3-28-27(30-20-24-12-14-29-26(19-24)32-15-8-5-9-16-32)31-25-13-17-33(22(2)18-25)21-23-10-6-4-7-11-23/h4,6-7,10-12,14,19,22,25H,3,5,8-9,13,15-18,20-21H2,1-2H3,(H2,28,30,31). The zero-order valence-corrected chi connectivity index (χ0v) is 20.3. The fourth-order valence-electron chi connectivity index (χ4n) is 4.94. The second-order valence-electron chi connectivity index (χ2n) is 9.44. The van der Waals surface area contributed by atoms with E-state index in [1.54, 1.807) is 0 Å². The van der Waals surface area contributed by atoms with Crippen molar-refractivity contribution in [1.82, 2.24) is 20.5 Å².